The van der Waals surface area contributed by atoms with Gasteiger partial charge in [0.1, 0.15) is 11.9 Å². The van der Waals surface area contributed by atoms with Gasteiger partial charge in [-0.2, -0.15) is 0 Å². The minimum absolute atomic E-state index is 0. The predicted octanol–water partition coefficient (Wildman–Crippen LogP) is 1.64. The van der Waals surface area contributed by atoms with E-state index in [1.54, 1.807) is 31.4 Å². The maximum atomic E-state index is 11.7. The van der Waals surface area contributed by atoms with E-state index in [0.29, 0.717) is 5.56 Å². The fraction of sp³-hybridized carbons (Fsp3) is 0.417. The van der Waals surface area contributed by atoms with Gasteiger partial charge in [0.2, 0.25) is 0 Å². The molecule has 1 aromatic rings. The second-order valence-electron chi connectivity index (χ2n) is 3.75. The summed E-state index contributed by atoms with van der Waals surface area (Å²) in [5, 5.41) is 3.15. The molecule has 1 fully saturated rings. The van der Waals surface area contributed by atoms with Gasteiger partial charge in [-0.3, -0.25) is 0 Å². The van der Waals surface area contributed by atoms with Crippen molar-refractivity contribution in [1.82, 2.24) is 5.32 Å². The van der Waals surface area contributed by atoms with Crippen LogP contribution in [-0.4, -0.2) is 32.3 Å². The van der Waals surface area contributed by atoms with Crippen molar-refractivity contribution < 1.29 is 14.3 Å². The van der Waals surface area contributed by atoms with E-state index in [1.807, 2.05) is 0 Å². The summed E-state index contributed by atoms with van der Waals surface area (Å²) in [5.41, 5.74) is 0.563. The number of hydrogen-bond donors (Lipinski definition) is 1. The highest BCUT2D eigenvalue weighted by molar-refractivity contribution is 5.89. The van der Waals surface area contributed by atoms with Crippen LogP contribution in [0.5, 0.6) is 5.75 Å². The van der Waals surface area contributed by atoms with Crippen LogP contribution in [-0.2, 0) is 4.74 Å². The average molecular weight is 258 g/mol. The molecule has 17 heavy (non-hydrogen) atoms. The van der Waals surface area contributed by atoms with Gasteiger partial charge in [-0.15, -0.1) is 12.4 Å². The number of hydrogen-bond acceptors (Lipinski definition) is 4. The van der Waals surface area contributed by atoms with Crippen LogP contribution in [0.3, 0.4) is 0 Å². The van der Waals surface area contributed by atoms with Crippen LogP contribution >= 0.6 is 12.4 Å². The van der Waals surface area contributed by atoms with Crippen LogP contribution < -0.4 is 10.1 Å². The Bertz CT molecular complexity index is 361. The molecular formula is C12H16ClNO3. The number of carbonyl (C=O) groups excluding carboxylic acids is 1. The number of methoxy groups -OCH3 is 1. The minimum atomic E-state index is -0.267. The van der Waals surface area contributed by atoms with Crippen LogP contribution in [0.4, 0.5) is 0 Å². The van der Waals surface area contributed by atoms with Gasteiger partial charge >= 0.3 is 5.97 Å². The standard InChI is InChI=1S/C12H15NO3.ClH/c1-15-10-4-2-9(3-5-10)12(14)16-11-6-7-13-8-11;/h2-5,11,13H,6-8H2,1H3;1H. The lowest BCUT2D eigenvalue weighted by atomic mass is 10.2. The van der Waals surface area contributed by atoms with Crippen LogP contribution in [0.25, 0.3) is 0 Å². The Morgan fingerprint density at radius 3 is 2.59 bits per heavy atom. The maximum Gasteiger partial charge on any atom is 0.338 e. The Morgan fingerprint density at radius 2 is 2.06 bits per heavy atom. The molecule has 1 aliphatic rings. The van der Waals surface area contributed by atoms with Crippen molar-refractivity contribution in [2.45, 2.75) is 12.5 Å². The molecule has 1 heterocycles. The fourth-order valence-corrected chi connectivity index (χ4v) is 1.68. The zero-order valence-electron chi connectivity index (χ0n) is 9.64. The number of rotatable bonds is 3. The van der Waals surface area contributed by atoms with E-state index in [2.05, 4.69) is 5.32 Å². The number of esters is 1. The number of halogens is 1. The number of carbonyl (C=O) groups is 1. The predicted molar refractivity (Wildman–Crippen MR) is 66.9 cm³/mol. The van der Waals surface area contributed by atoms with Gasteiger partial charge in [-0.05, 0) is 37.2 Å². The molecule has 0 radical (unpaired) electrons. The largest absolute Gasteiger partial charge is 0.497 e. The van der Waals surface area contributed by atoms with Crippen molar-refractivity contribution in [1.29, 1.82) is 0 Å². The molecule has 5 heteroatoms. The SMILES string of the molecule is COc1ccc(C(=O)OC2CCNC2)cc1.Cl. The molecule has 0 amide bonds. The number of benzene rings is 1. The highest BCUT2D eigenvalue weighted by Gasteiger charge is 2.19. The highest BCUT2D eigenvalue weighted by Crippen LogP contribution is 2.13. The Labute approximate surface area is 107 Å². The van der Waals surface area contributed by atoms with E-state index < -0.39 is 0 Å². The van der Waals surface area contributed by atoms with Crippen molar-refractivity contribution in [2.75, 3.05) is 20.2 Å². The molecule has 1 aromatic carbocycles. The van der Waals surface area contributed by atoms with Crippen LogP contribution in [0.2, 0.25) is 0 Å². The molecule has 0 aromatic heterocycles. The number of ether oxygens (including phenoxy) is 2. The quantitative estimate of drug-likeness (QED) is 0.837. The fourth-order valence-electron chi connectivity index (χ4n) is 1.68. The topological polar surface area (TPSA) is 47.6 Å². The normalized spacial score (nSPS) is 18.3. The van der Waals surface area contributed by atoms with Gasteiger partial charge in [0, 0.05) is 6.54 Å². The number of nitrogens with one attached hydrogen (secondary N) is 1. The van der Waals surface area contributed by atoms with Crippen molar-refractivity contribution in [3.8, 4) is 5.75 Å². The van der Waals surface area contributed by atoms with E-state index in [1.165, 1.54) is 0 Å². The van der Waals surface area contributed by atoms with Gasteiger partial charge in [-0.25, -0.2) is 4.79 Å². The van der Waals surface area contributed by atoms with Gasteiger partial charge in [0.05, 0.1) is 12.7 Å². The second-order valence-corrected chi connectivity index (χ2v) is 3.75. The first-order valence-corrected chi connectivity index (χ1v) is 5.35. The molecule has 0 saturated carbocycles. The molecular weight excluding hydrogens is 242 g/mol. The molecule has 1 unspecified atom stereocenters. The molecule has 1 N–H and O–H groups in total. The van der Waals surface area contributed by atoms with Gasteiger partial charge in [-0.1, -0.05) is 0 Å². The summed E-state index contributed by atoms with van der Waals surface area (Å²) in [7, 11) is 1.59. The molecule has 0 bridgehead atoms. The molecule has 1 aliphatic heterocycles. The first-order chi connectivity index (χ1) is 7.79. The lowest BCUT2D eigenvalue weighted by Crippen LogP contribution is -2.20. The summed E-state index contributed by atoms with van der Waals surface area (Å²) < 4.78 is 10.3. The Hall–Kier alpha value is -1.26. The molecule has 2 rings (SSSR count). The van der Waals surface area contributed by atoms with Crippen molar-refractivity contribution >= 4 is 18.4 Å². The Balaban J connectivity index is 0.00000144. The molecule has 94 valence electrons. The van der Waals surface area contributed by atoms with E-state index >= 15 is 0 Å². The first kappa shape index (κ1) is 13.8. The summed E-state index contributed by atoms with van der Waals surface area (Å²) in [6, 6.07) is 6.93. The van der Waals surface area contributed by atoms with E-state index in [4.69, 9.17) is 9.47 Å². The summed E-state index contributed by atoms with van der Waals surface area (Å²) in [6.07, 6.45) is 0.900. The monoisotopic (exact) mass is 257 g/mol. The summed E-state index contributed by atoms with van der Waals surface area (Å²) in [5.74, 6) is 0.468. The summed E-state index contributed by atoms with van der Waals surface area (Å²) in [6.45, 7) is 1.67. The third kappa shape index (κ3) is 3.61. The summed E-state index contributed by atoms with van der Waals surface area (Å²) in [4.78, 5) is 11.7. The lowest BCUT2D eigenvalue weighted by Gasteiger charge is -2.10. The first-order valence-electron chi connectivity index (χ1n) is 5.35. The van der Waals surface area contributed by atoms with E-state index in [-0.39, 0.29) is 24.5 Å². The molecule has 1 saturated heterocycles. The highest BCUT2D eigenvalue weighted by atomic mass is 35.5. The minimum Gasteiger partial charge on any atom is -0.497 e. The Morgan fingerprint density at radius 1 is 1.35 bits per heavy atom. The van der Waals surface area contributed by atoms with Gasteiger partial charge < -0.3 is 14.8 Å². The molecule has 1 atom stereocenters. The van der Waals surface area contributed by atoms with Crippen molar-refractivity contribution in [2.24, 2.45) is 0 Å². The van der Waals surface area contributed by atoms with Crippen molar-refractivity contribution in [3.05, 3.63) is 29.8 Å². The van der Waals surface area contributed by atoms with E-state index in [0.717, 1.165) is 25.3 Å². The molecule has 0 spiro atoms. The molecule has 0 aliphatic carbocycles. The summed E-state index contributed by atoms with van der Waals surface area (Å²) >= 11 is 0. The smallest absolute Gasteiger partial charge is 0.338 e. The van der Waals surface area contributed by atoms with Crippen LogP contribution in [0.1, 0.15) is 16.8 Å². The van der Waals surface area contributed by atoms with Gasteiger partial charge in [0.15, 0.2) is 0 Å². The second kappa shape index (κ2) is 6.47. The molecule has 4 nitrogen and oxygen atoms in total. The average Bonchev–Trinajstić information content (AvgIpc) is 2.82. The third-order valence-electron chi connectivity index (χ3n) is 2.61. The van der Waals surface area contributed by atoms with E-state index in [9.17, 15) is 4.79 Å². The van der Waals surface area contributed by atoms with Gasteiger partial charge in [0.25, 0.3) is 0 Å². The van der Waals surface area contributed by atoms with Crippen LogP contribution in [0.15, 0.2) is 24.3 Å². The maximum absolute atomic E-state index is 11.7. The zero-order valence-corrected chi connectivity index (χ0v) is 10.5. The van der Waals surface area contributed by atoms with Crippen molar-refractivity contribution in [3.63, 3.8) is 0 Å². The zero-order chi connectivity index (χ0) is 11.4. The van der Waals surface area contributed by atoms with Crippen LogP contribution in [0, 0.1) is 0 Å². The Kier molecular flexibility index (Phi) is 5.25. The lowest BCUT2D eigenvalue weighted by molar-refractivity contribution is 0.0344. The third-order valence-corrected chi connectivity index (χ3v) is 2.61.